The van der Waals surface area contributed by atoms with E-state index in [-0.39, 0.29) is 6.61 Å². The fourth-order valence-electron chi connectivity index (χ4n) is 2.29. The van der Waals surface area contributed by atoms with Gasteiger partial charge in [-0.1, -0.05) is 11.6 Å². The number of hydrogen-bond donors (Lipinski definition) is 0. The largest absolute Gasteiger partial charge is 0.489 e. The van der Waals surface area contributed by atoms with E-state index >= 15 is 0 Å². The maximum atomic E-state index is 12.1. The lowest BCUT2D eigenvalue weighted by Gasteiger charge is -2.12. The van der Waals surface area contributed by atoms with Crippen LogP contribution in [0.1, 0.15) is 28.0 Å². The van der Waals surface area contributed by atoms with Gasteiger partial charge in [-0.15, -0.1) is 0 Å². The number of ether oxygens (including phenoxy) is 3. The molecule has 0 spiro atoms. The Morgan fingerprint density at radius 3 is 2.91 bits per heavy atom. The summed E-state index contributed by atoms with van der Waals surface area (Å²) in [4.78, 5) is 12.1. The highest BCUT2D eigenvalue weighted by molar-refractivity contribution is 6.32. The van der Waals surface area contributed by atoms with Crippen LogP contribution in [0.3, 0.4) is 0 Å². The van der Waals surface area contributed by atoms with Crippen LogP contribution >= 0.6 is 11.6 Å². The van der Waals surface area contributed by atoms with Crippen molar-refractivity contribution in [2.45, 2.75) is 20.0 Å². The van der Waals surface area contributed by atoms with Gasteiger partial charge in [-0.2, -0.15) is 5.10 Å². The molecule has 2 heterocycles. The molecule has 0 fully saturated rings. The molecule has 0 N–H and O–H groups in total. The molecule has 3 rings (SSSR count). The van der Waals surface area contributed by atoms with Gasteiger partial charge in [0.15, 0.2) is 11.5 Å². The first-order valence-electron chi connectivity index (χ1n) is 7.30. The van der Waals surface area contributed by atoms with Crippen LogP contribution in [0.15, 0.2) is 18.3 Å². The van der Waals surface area contributed by atoms with E-state index in [9.17, 15) is 4.79 Å². The molecule has 122 valence electrons. The Labute approximate surface area is 138 Å². The van der Waals surface area contributed by atoms with Gasteiger partial charge in [-0.3, -0.25) is 4.68 Å². The lowest BCUT2D eigenvalue weighted by molar-refractivity contribution is 0.0471. The van der Waals surface area contributed by atoms with Crippen molar-refractivity contribution < 1.29 is 19.0 Å². The van der Waals surface area contributed by atoms with E-state index in [1.165, 1.54) is 6.20 Å². The summed E-state index contributed by atoms with van der Waals surface area (Å²) in [5.41, 5.74) is 1.95. The van der Waals surface area contributed by atoms with Gasteiger partial charge in [-0.05, 0) is 24.6 Å². The van der Waals surface area contributed by atoms with Crippen LogP contribution in [0.4, 0.5) is 0 Å². The highest BCUT2D eigenvalue weighted by atomic mass is 35.5. The number of rotatable bonds is 3. The molecular formula is C16H17ClN2O4. The molecule has 1 aliphatic heterocycles. The Balaban J connectivity index is 1.73. The molecule has 7 heteroatoms. The molecule has 0 bridgehead atoms. The summed E-state index contributed by atoms with van der Waals surface area (Å²) in [6, 6.07) is 3.51. The van der Waals surface area contributed by atoms with Gasteiger partial charge in [0, 0.05) is 19.2 Å². The number of esters is 1. The highest BCUT2D eigenvalue weighted by Crippen LogP contribution is 2.38. The molecule has 0 saturated carbocycles. The van der Waals surface area contributed by atoms with Gasteiger partial charge in [0.1, 0.15) is 12.2 Å². The smallest absolute Gasteiger partial charge is 0.341 e. The zero-order valence-corrected chi connectivity index (χ0v) is 13.7. The minimum Gasteiger partial charge on any atom is -0.489 e. The first-order chi connectivity index (χ1) is 11.1. The third-order valence-corrected chi connectivity index (χ3v) is 3.97. The SMILES string of the molecule is Cc1c(C(=O)OCc2cc(Cl)c3c(c2)OCCCO3)cnn1C. The number of fused-ring (bicyclic) bond motifs is 1. The minimum absolute atomic E-state index is 0.101. The van der Waals surface area contributed by atoms with Crippen LogP contribution in [0, 0.1) is 6.92 Å². The van der Waals surface area contributed by atoms with Crippen LogP contribution in [0.2, 0.25) is 5.02 Å². The summed E-state index contributed by atoms with van der Waals surface area (Å²) in [7, 11) is 1.77. The van der Waals surface area contributed by atoms with Crippen molar-refractivity contribution in [2.75, 3.05) is 13.2 Å². The van der Waals surface area contributed by atoms with Crippen molar-refractivity contribution in [3.8, 4) is 11.5 Å². The van der Waals surface area contributed by atoms with Crippen LogP contribution in [0.5, 0.6) is 11.5 Å². The van der Waals surface area contributed by atoms with Crippen molar-refractivity contribution in [1.29, 1.82) is 0 Å². The predicted molar refractivity (Wildman–Crippen MR) is 84.1 cm³/mol. The van der Waals surface area contributed by atoms with Crippen LogP contribution in [-0.4, -0.2) is 29.0 Å². The second kappa shape index (κ2) is 6.50. The monoisotopic (exact) mass is 336 g/mol. The Kier molecular flexibility index (Phi) is 4.43. The van der Waals surface area contributed by atoms with E-state index in [2.05, 4.69) is 5.10 Å². The van der Waals surface area contributed by atoms with Crippen LogP contribution in [0.25, 0.3) is 0 Å². The average molecular weight is 337 g/mol. The van der Waals surface area contributed by atoms with E-state index < -0.39 is 5.97 Å². The summed E-state index contributed by atoms with van der Waals surface area (Å²) in [5.74, 6) is 0.708. The maximum absolute atomic E-state index is 12.1. The van der Waals surface area contributed by atoms with E-state index in [0.717, 1.165) is 17.7 Å². The highest BCUT2D eigenvalue weighted by Gasteiger charge is 2.18. The average Bonchev–Trinajstić information content (AvgIpc) is 2.75. The van der Waals surface area contributed by atoms with Crippen molar-refractivity contribution in [3.05, 3.63) is 40.2 Å². The topological polar surface area (TPSA) is 62.6 Å². The number of nitrogens with zero attached hydrogens (tertiary/aromatic N) is 2. The van der Waals surface area contributed by atoms with E-state index in [0.29, 0.717) is 35.3 Å². The summed E-state index contributed by atoms with van der Waals surface area (Å²) in [6.07, 6.45) is 2.30. The number of aromatic nitrogens is 2. The van der Waals surface area contributed by atoms with Crippen LogP contribution < -0.4 is 9.47 Å². The molecule has 0 aliphatic carbocycles. The zero-order valence-electron chi connectivity index (χ0n) is 13.0. The number of hydrogen-bond acceptors (Lipinski definition) is 5. The third kappa shape index (κ3) is 3.27. The minimum atomic E-state index is -0.418. The number of carbonyl (C=O) groups excluding carboxylic acids is 1. The maximum Gasteiger partial charge on any atom is 0.341 e. The van der Waals surface area contributed by atoms with E-state index in [1.807, 2.05) is 6.92 Å². The molecule has 1 aromatic heterocycles. The molecule has 2 aromatic rings. The van der Waals surface area contributed by atoms with Gasteiger partial charge in [0.05, 0.1) is 24.4 Å². The van der Waals surface area contributed by atoms with Gasteiger partial charge in [-0.25, -0.2) is 4.79 Å². The van der Waals surface area contributed by atoms with Crippen molar-refractivity contribution in [3.63, 3.8) is 0 Å². The van der Waals surface area contributed by atoms with Crippen LogP contribution in [-0.2, 0) is 18.4 Å². The fraction of sp³-hybridized carbons (Fsp3) is 0.375. The van der Waals surface area contributed by atoms with Gasteiger partial charge >= 0.3 is 5.97 Å². The molecule has 0 radical (unpaired) electrons. The summed E-state index contributed by atoms with van der Waals surface area (Å²) in [6.45, 7) is 3.06. The third-order valence-electron chi connectivity index (χ3n) is 3.69. The lowest BCUT2D eigenvalue weighted by atomic mass is 10.2. The number of aryl methyl sites for hydroxylation is 1. The fourth-order valence-corrected chi connectivity index (χ4v) is 2.58. The molecule has 1 aromatic carbocycles. The molecule has 23 heavy (non-hydrogen) atoms. The standard InChI is InChI=1S/C16H17ClN2O4/c1-10-12(8-18-19(10)2)16(20)23-9-11-6-13(17)15-14(7-11)21-4-3-5-22-15/h6-8H,3-5,9H2,1-2H3. The normalized spacial score (nSPS) is 13.5. The molecule has 0 unspecified atom stereocenters. The Morgan fingerprint density at radius 2 is 2.17 bits per heavy atom. The van der Waals surface area contributed by atoms with Gasteiger partial charge in [0.25, 0.3) is 0 Å². The molecule has 0 amide bonds. The Bertz CT molecular complexity index is 742. The first-order valence-corrected chi connectivity index (χ1v) is 7.68. The quantitative estimate of drug-likeness (QED) is 0.806. The lowest BCUT2D eigenvalue weighted by Crippen LogP contribution is -2.07. The van der Waals surface area contributed by atoms with Crippen molar-refractivity contribution in [1.82, 2.24) is 9.78 Å². The van der Waals surface area contributed by atoms with Gasteiger partial charge < -0.3 is 14.2 Å². The van der Waals surface area contributed by atoms with E-state index in [1.54, 1.807) is 23.9 Å². The Hall–Kier alpha value is -2.21. The van der Waals surface area contributed by atoms with Crippen molar-refractivity contribution >= 4 is 17.6 Å². The molecule has 6 nitrogen and oxygen atoms in total. The first kappa shape index (κ1) is 15.7. The number of halogens is 1. The predicted octanol–water partition coefficient (Wildman–Crippen LogP) is 2.90. The van der Waals surface area contributed by atoms with Gasteiger partial charge in [0.2, 0.25) is 0 Å². The van der Waals surface area contributed by atoms with E-state index in [4.69, 9.17) is 25.8 Å². The summed E-state index contributed by atoms with van der Waals surface area (Å²) < 4.78 is 18.2. The summed E-state index contributed by atoms with van der Waals surface area (Å²) >= 11 is 6.22. The second-order valence-corrected chi connectivity index (χ2v) is 5.71. The number of benzene rings is 1. The molecule has 1 aliphatic rings. The van der Waals surface area contributed by atoms with Crippen molar-refractivity contribution in [2.24, 2.45) is 7.05 Å². The molecular weight excluding hydrogens is 320 g/mol. The zero-order chi connectivity index (χ0) is 16.4. The molecule has 0 atom stereocenters. The summed E-state index contributed by atoms with van der Waals surface area (Å²) in [5, 5.41) is 4.48. The second-order valence-electron chi connectivity index (χ2n) is 5.30. The number of carbonyl (C=O) groups is 1. The Morgan fingerprint density at radius 1 is 1.39 bits per heavy atom. The molecule has 0 saturated heterocycles.